The van der Waals surface area contributed by atoms with E-state index in [2.05, 4.69) is 37.0 Å². The fraction of sp³-hybridized carbons (Fsp3) is 0.308. The third kappa shape index (κ3) is 1.73. The van der Waals surface area contributed by atoms with Crippen molar-refractivity contribution < 1.29 is 0 Å². The molecule has 2 heteroatoms. The molecule has 15 heavy (non-hydrogen) atoms. The van der Waals surface area contributed by atoms with E-state index in [9.17, 15) is 0 Å². The van der Waals surface area contributed by atoms with Crippen molar-refractivity contribution in [3.8, 4) is 0 Å². The van der Waals surface area contributed by atoms with Crippen molar-refractivity contribution in [2.75, 3.05) is 0 Å². The molecule has 0 fully saturated rings. The summed E-state index contributed by atoms with van der Waals surface area (Å²) in [5.41, 5.74) is 8.07. The summed E-state index contributed by atoms with van der Waals surface area (Å²) in [5, 5.41) is 2.47. The molecule has 0 aliphatic carbocycles. The monoisotopic (exact) mass is 200 g/mol. The first kappa shape index (κ1) is 10.1. The highest BCUT2D eigenvalue weighted by molar-refractivity contribution is 5.87. The van der Waals surface area contributed by atoms with Crippen molar-refractivity contribution in [2.24, 2.45) is 5.73 Å². The molecule has 0 aliphatic rings. The summed E-state index contributed by atoms with van der Waals surface area (Å²) in [5.74, 6) is 0.446. The van der Waals surface area contributed by atoms with Crippen LogP contribution in [-0.4, -0.2) is 4.98 Å². The van der Waals surface area contributed by atoms with E-state index in [1.165, 1.54) is 16.3 Å². The number of hydrogen-bond acceptors (Lipinski definition) is 2. The Morgan fingerprint density at radius 1 is 1.20 bits per heavy atom. The first-order valence-electron chi connectivity index (χ1n) is 5.30. The Bertz CT molecular complexity index is 475. The molecule has 0 radical (unpaired) electrons. The second-order valence-electron chi connectivity index (χ2n) is 4.07. The highest BCUT2D eigenvalue weighted by Crippen LogP contribution is 2.25. The minimum absolute atomic E-state index is 0.446. The SMILES string of the molecule is CC(C)c1nccc2c(CN)cccc12. The Morgan fingerprint density at radius 3 is 2.67 bits per heavy atom. The lowest BCUT2D eigenvalue weighted by Gasteiger charge is -2.10. The standard InChI is InChI=1S/C13H16N2/c1-9(2)13-12-5-3-4-10(8-14)11(12)6-7-15-13/h3-7,9H,8,14H2,1-2H3. The molecule has 2 rings (SSSR count). The van der Waals surface area contributed by atoms with Crippen LogP contribution in [0.15, 0.2) is 30.5 Å². The summed E-state index contributed by atoms with van der Waals surface area (Å²) in [6.45, 7) is 4.91. The molecule has 1 aromatic carbocycles. The van der Waals surface area contributed by atoms with Crippen molar-refractivity contribution >= 4 is 10.8 Å². The van der Waals surface area contributed by atoms with Crippen LogP contribution in [0, 0.1) is 0 Å². The van der Waals surface area contributed by atoms with Gasteiger partial charge in [0.15, 0.2) is 0 Å². The topological polar surface area (TPSA) is 38.9 Å². The van der Waals surface area contributed by atoms with E-state index in [1.54, 1.807) is 0 Å². The summed E-state index contributed by atoms with van der Waals surface area (Å²) in [6.07, 6.45) is 1.87. The molecule has 0 saturated heterocycles. The van der Waals surface area contributed by atoms with Gasteiger partial charge in [0.05, 0.1) is 5.69 Å². The number of nitrogens with two attached hydrogens (primary N) is 1. The molecular formula is C13H16N2. The number of fused-ring (bicyclic) bond motifs is 1. The lowest BCUT2D eigenvalue weighted by Crippen LogP contribution is -1.99. The van der Waals surface area contributed by atoms with Crippen LogP contribution in [0.1, 0.15) is 31.0 Å². The van der Waals surface area contributed by atoms with Gasteiger partial charge in [0, 0.05) is 18.1 Å². The second-order valence-corrected chi connectivity index (χ2v) is 4.07. The smallest absolute Gasteiger partial charge is 0.0507 e. The van der Waals surface area contributed by atoms with Crippen LogP contribution in [0.5, 0.6) is 0 Å². The largest absolute Gasteiger partial charge is 0.326 e. The average Bonchev–Trinajstić information content (AvgIpc) is 2.27. The van der Waals surface area contributed by atoms with Gasteiger partial charge in [0.25, 0.3) is 0 Å². The van der Waals surface area contributed by atoms with Crippen LogP contribution in [0.3, 0.4) is 0 Å². The van der Waals surface area contributed by atoms with Crippen LogP contribution in [0.25, 0.3) is 10.8 Å². The molecule has 0 atom stereocenters. The van der Waals surface area contributed by atoms with E-state index < -0.39 is 0 Å². The summed E-state index contributed by atoms with van der Waals surface area (Å²) in [7, 11) is 0. The molecule has 2 nitrogen and oxygen atoms in total. The van der Waals surface area contributed by atoms with Gasteiger partial charge in [-0.05, 0) is 22.9 Å². The Hall–Kier alpha value is -1.41. The molecule has 0 saturated carbocycles. The van der Waals surface area contributed by atoms with E-state index in [1.807, 2.05) is 12.3 Å². The van der Waals surface area contributed by atoms with Crippen molar-refractivity contribution in [2.45, 2.75) is 26.3 Å². The third-order valence-corrected chi connectivity index (χ3v) is 2.69. The van der Waals surface area contributed by atoms with Gasteiger partial charge in [-0.3, -0.25) is 4.98 Å². The molecule has 2 aromatic rings. The van der Waals surface area contributed by atoms with Crippen molar-refractivity contribution in [3.05, 3.63) is 41.7 Å². The van der Waals surface area contributed by atoms with Gasteiger partial charge in [0.1, 0.15) is 0 Å². The van der Waals surface area contributed by atoms with Gasteiger partial charge in [-0.25, -0.2) is 0 Å². The zero-order chi connectivity index (χ0) is 10.8. The number of aromatic nitrogens is 1. The molecule has 0 bridgehead atoms. The first-order valence-corrected chi connectivity index (χ1v) is 5.30. The first-order chi connectivity index (χ1) is 7.24. The van der Waals surface area contributed by atoms with Gasteiger partial charge >= 0.3 is 0 Å². The molecule has 78 valence electrons. The molecule has 0 amide bonds. The van der Waals surface area contributed by atoms with Crippen LogP contribution < -0.4 is 5.73 Å². The van der Waals surface area contributed by atoms with Gasteiger partial charge in [-0.1, -0.05) is 32.0 Å². The minimum Gasteiger partial charge on any atom is -0.326 e. The molecule has 0 spiro atoms. The summed E-state index contributed by atoms with van der Waals surface area (Å²) in [6, 6.07) is 8.30. The molecule has 1 heterocycles. The van der Waals surface area contributed by atoms with E-state index in [4.69, 9.17) is 5.73 Å². The van der Waals surface area contributed by atoms with Crippen molar-refractivity contribution in [3.63, 3.8) is 0 Å². The lowest BCUT2D eigenvalue weighted by atomic mass is 9.99. The maximum atomic E-state index is 5.72. The maximum absolute atomic E-state index is 5.72. The second kappa shape index (κ2) is 3.99. The van der Waals surface area contributed by atoms with E-state index >= 15 is 0 Å². The summed E-state index contributed by atoms with van der Waals surface area (Å²) in [4.78, 5) is 4.44. The fourth-order valence-corrected chi connectivity index (χ4v) is 1.93. The minimum atomic E-state index is 0.446. The molecule has 0 unspecified atom stereocenters. The normalized spacial score (nSPS) is 11.2. The fourth-order valence-electron chi connectivity index (χ4n) is 1.93. The predicted octanol–water partition coefficient (Wildman–Crippen LogP) is 2.82. The van der Waals surface area contributed by atoms with Gasteiger partial charge in [-0.2, -0.15) is 0 Å². The summed E-state index contributed by atoms with van der Waals surface area (Å²) >= 11 is 0. The summed E-state index contributed by atoms with van der Waals surface area (Å²) < 4.78 is 0. The van der Waals surface area contributed by atoms with Crippen LogP contribution in [0.2, 0.25) is 0 Å². The van der Waals surface area contributed by atoms with Crippen LogP contribution in [0.4, 0.5) is 0 Å². The highest BCUT2D eigenvalue weighted by Gasteiger charge is 2.07. The molecule has 0 aliphatic heterocycles. The Labute approximate surface area is 90.1 Å². The van der Waals surface area contributed by atoms with Crippen LogP contribution >= 0.6 is 0 Å². The number of nitrogens with zero attached hydrogens (tertiary/aromatic N) is 1. The molecule has 1 aromatic heterocycles. The van der Waals surface area contributed by atoms with E-state index in [0.717, 1.165) is 5.69 Å². The number of rotatable bonds is 2. The predicted molar refractivity (Wildman–Crippen MR) is 63.7 cm³/mol. The average molecular weight is 200 g/mol. The molecule has 2 N–H and O–H groups in total. The third-order valence-electron chi connectivity index (χ3n) is 2.69. The van der Waals surface area contributed by atoms with E-state index in [0.29, 0.717) is 12.5 Å². The van der Waals surface area contributed by atoms with Gasteiger partial charge in [0.2, 0.25) is 0 Å². The van der Waals surface area contributed by atoms with Crippen LogP contribution in [-0.2, 0) is 6.54 Å². The zero-order valence-corrected chi connectivity index (χ0v) is 9.20. The lowest BCUT2D eigenvalue weighted by molar-refractivity contribution is 0.834. The van der Waals surface area contributed by atoms with Gasteiger partial charge in [-0.15, -0.1) is 0 Å². The van der Waals surface area contributed by atoms with E-state index in [-0.39, 0.29) is 0 Å². The van der Waals surface area contributed by atoms with Crippen molar-refractivity contribution in [1.82, 2.24) is 4.98 Å². The Balaban J connectivity index is 2.76. The number of pyridine rings is 1. The maximum Gasteiger partial charge on any atom is 0.0507 e. The number of benzene rings is 1. The van der Waals surface area contributed by atoms with Crippen molar-refractivity contribution in [1.29, 1.82) is 0 Å². The zero-order valence-electron chi connectivity index (χ0n) is 9.20. The quantitative estimate of drug-likeness (QED) is 0.809. The Morgan fingerprint density at radius 2 is 2.00 bits per heavy atom. The highest BCUT2D eigenvalue weighted by atomic mass is 14.7. The number of hydrogen-bond donors (Lipinski definition) is 1. The van der Waals surface area contributed by atoms with Gasteiger partial charge < -0.3 is 5.73 Å². The Kier molecular flexibility index (Phi) is 2.69. The molecular weight excluding hydrogens is 184 g/mol.